The minimum Gasteiger partial charge on any atom is -0.480 e. The highest BCUT2D eigenvalue weighted by atomic mass is 35.5. The monoisotopic (exact) mass is 498 g/mol. The van der Waals surface area contributed by atoms with Gasteiger partial charge >= 0.3 is 5.97 Å². The molecule has 174 valence electrons. The summed E-state index contributed by atoms with van der Waals surface area (Å²) < 4.78 is 27.8. The van der Waals surface area contributed by atoms with Crippen molar-refractivity contribution in [2.75, 3.05) is 6.54 Å². The summed E-state index contributed by atoms with van der Waals surface area (Å²) in [4.78, 5) is 37.5. The minimum absolute atomic E-state index is 0.114. The summed E-state index contributed by atoms with van der Waals surface area (Å²) in [6.07, 6.45) is -0.289. The maximum Gasteiger partial charge on any atom is 0.321 e. The molecule has 3 aromatic rings. The van der Waals surface area contributed by atoms with Crippen LogP contribution in [0.3, 0.4) is 0 Å². The van der Waals surface area contributed by atoms with Gasteiger partial charge in [-0.05, 0) is 53.9 Å². The number of carbonyl (C=O) groups excluding carboxylic acids is 2. The molecule has 0 spiro atoms. The van der Waals surface area contributed by atoms with Gasteiger partial charge in [-0.3, -0.25) is 19.3 Å². The molecule has 1 atom stereocenters. The van der Waals surface area contributed by atoms with Gasteiger partial charge in [0.25, 0.3) is 11.8 Å². The van der Waals surface area contributed by atoms with Gasteiger partial charge in [0.05, 0.1) is 16.0 Å². The fourth-order valence-corrected chi connectivity index (χ4v) is 5.01. The van der Waals surface area contributed by atoms with E-state index in [-0.39, 0.29) is 29.0 Å². The number of carbonyl (C=O) groups is 3. The molecule has 0 radical (unpaired) electrons. The normalized spacial score (nSPS) is 14.2. The fourth-order valence-electron chi connectivity index (χ4n) is 3.66. The average Bonchev–Trinajstić information content (AvgIpc) is 3.07. The largest absolute Gasteiger partial charge is 0.480 e. The molecule has 4 rings (SSSR count). The molecule has 0 aliphatic carbocycles. The summed E-state index contributed by atoms with van der Waals surface area (Å²) >= 11 is 5.89. The number of benzene rings is 3. The number of imide groups is 1. The lowest BCUT2D eigenvalue weighted by Crippen LogP contribution is -2.43. The van der Waals surface area contributed by atoms with Gasteiger partial charge in [-0.15, -0.1) is 0 Å². The predicted octanol–water partition coefficient (Wildman–Crippen LogP) is 3.42. The lowest BCUT2D eigenvalue weighted by atomic mass is 10.1. The summed E-state index contributed by atoms with van der Waals surface area (Å²) in [6.45, 7) is -0.249. The van der Waals surface area contributed by atoms with E-state index in [0.29, 0.717) is 5.02 Å². The van der Waals surface area contributed by atoms with Crippen molar-refractivity contribution in [2.24, 2.45) is 0 Å². The maximum atomic E-state index is 12.8. The predicted molar refractivity (Wildman–Crippen MR) is 125 cm³/mol. The van der Waals surface area contributed by atoms with Gasteiger partial charge < -0.3 is 5.11 Å². The lowest BCUT2D eigenvalue weighted by molar-refractivity contribution is -0.139. The van der Waals surface area contributed by atoms with Crippen molar-refractivity contribution in [3.05, 3.63) is 88.9 Å². The molecule has 0 aromatic heterocycles. The summed E-state index contributed by atoms with van der Waals surface area (Å²) in [5, 5.41) is 10.1. The molecule has 2 amide bonds. The van der Waals surface area contributed by atoms with E-state index in [1.54, 1.807) is 48.5 Å². The van der Waals surface area contributed by atoms with Crippen LogP contribution in [-0.2, 0) is 14.8 Å². The molecule has 0 saturated heterocycles. The molecule has 0 saturated carbocycles. The first-order valence-electron chi connectivity index (χ1n) is 10.2. The molecule has 0 fully saturated rings. The number of sulfonamides is 1. The highest BCUT2D eigenvalue weighted by molar-refractivity contribution is 7.89. The first kappa shape index (κ1) is 23.6. The number of nitrogens with one attached hydrogen (secondary N) is 1. The molecule has 2 N–H and O–H groups in total. The molecule has 1 aliphatic rings. The standard InChI is InChI=1S/C24H19ClN2O6S/c25-17-9-5-15(6-10-17)16-7-11-18(12-8-16)34(32,33)26-21(24(30)31)13-14-27-22(28)19-3-1-2-4-20(19)23(27)29/h1-12,21,26H,13-14H2,(H,30,31)/t21-/m1/s1. The summed E-state index contributed by atoms with van der Waals surface area (Å²) in [5.74, 6) is -2.49. The third kappa shape index (κ3) is 4.72. The lowest BCUT2D eigenvalue weighted by Gasteiger charge is -2.19. The molecule has 0 unspecified atom stereocenters. The van der Waals surface area contributed by atoms with Crippen molar-refractivity contribution in [1.29, 1.82) is 0 Å². The van der Waals surface area contributed by atoms with Crippen LogP contribution >= 0.6 is 11.6 Å². The number of carboxylic acids is 1. The van der Waals surface area contributed by atoms with Gasteiger partial charge in [0.15, 0.2) is 0 Å². The molecular formula is C24H19ClN2O6S. The van der Waals surface area contributed by atoms with Gasteiger partial charge in [-0.2, -0.15) is 4.72 Å². The van der Waals surface area contributed by atoms with Crippen LogP contribution in [0.2, 0.25) is 5.02 Å². The SMILES string of the molecule is O=C(O)[C@@H](CCN1C(=O)c2ccccc2C1=O)NS(=O)(=O)c1ccc(-c2ccc(Cl)cc2)cc1. The number of hydrogen-bond donors (Lipinski definition) is 2. The van der Waals surface area contributed by atoms with Gasteiger partial charge in [-0.1, -0.05) is 48.0 Å². The van der Waals surface area contributed by atoms with Crippen molar-refractivity contribution >= 4 is 39.4 Å². The van der Waals surface area contributed by atoms with Gasteiger partial charge in [0.1, 0.15) is 6.04 Å². The van der Waals surface area contributed by atoms with Crippen molar-refractivity contribution in [1.82, 2.24) is 9.62 Å². The first-order valence-corrected chi connectivity index (χ1v) is 12.1. The van der Waals surface area contributed by atoms with E-state index in [9.17, 15) is 27.9 Å². The van der Waals surface area contributed by atoms with Crippen LogP contribution in [-0.4, -0.2) is 48.8 Å². The van der Waals surface area contributed by atoms with E-state index < -0.39 is 33.8 Å². The number of fused-ring (bicyclic) bond motifs is 1. The zero-order valence-electron chi connectivity index (χ0n) is 17.6. The Morgan fingerprint density at radius 2 is 1.38 bits per heavy atom. The van der Waals surface area contributed by atoms with E-state index in [0.717, 1.165) is 16.0 Å². The molecule has 8 nitrogen and oxygen atoms in total. The number of nitrogens with zero attached hydrogens (tertiary/aromatic N) is 1. The van der Waals surface area contributed by atoms with Crippen LogP contribution < -0.4 is 4.72 Å². The second-order valence-corrected chi connectivity index (χ2v) is 9.79. The second-order valence-electron chi connectivity index (χ2n) is 7.64. The molecular weight excluding hydrogens is 480 g/mol. The number of halogens is 1. The van der Waals surface area contributed by atoms with E-state index in [1.165, 1.54) is 24.3 Å². The number of rotatable bonds is 8. The van der Waals surface area contributed by atoms with Crippen LogP contribution in [0.1, 0.15) is 27.1 Å². The van der Waals surface area contributed by atoms with Gasteiger partial charge in [0.2, 0.25) is 10.0 Å². The molecule has 34 heavy (non-hydrogen) atoms. The van der Waals surface area contributed by atoms with E-state index >= 15 is 0 Å². The highest BCUT2D eigenvalue weighted by Crippen LogP contribution is 2.24. The average molecular weight is 499 g/mol. The van der Waals surface area contributed by atoms with Crippen molar-refractivity contribution in [3.8, 4) is 11.1 Å². The quantitative estimate of drug-likeness (QED) is 0.459. The Labute approximate surface area is 200 Å². The number of amides is 2. The molecule has 1 heterocycles. The Kier molecular flexibility index (Phi) is 6.52. The van der Waals surface area contributed by atoms with Crippen LogP contribution in [0.5, 0.6) is 0 Å². The number of carboxylic acid groups (broad SMARTS) is 1. The summed E-state index contributed by atoms with van der Waals surface area (Å²) in [7, 11) is -4.18. The minimum atomic E-state index is -4.18. The second kappa shape index (κ2) is 9.38. The zero-order valence-corrected chi connectivity index (χ0v) is 19.2. The Balaban J connectivity index is 1.46. The highest BCUT2D eigenvalue weighted by Gasteiger charge is 2.36. The number of hydrogen-bond acceptors (Lipinski definition) is 5. The first-order chi connectivity index (χ1) is 16.2. The van der Waals surface area contributed by atoms with E-state index in [1.807, 2.05) is 0 Å². The molecule has 0 bridgehead atoms. The Morgan fingerprint density at radius 1 is 0.882 bits per heavy atom. The van der Waals surface area contributed by atoms with Crippen LogP contribution in [0, 0.1) is 0 Å². The molecule has 10 heteroatoms. The smallest absolute Gasteiger partial charge is 0.321 e. The van der Waals surface area contributed by atoms with E-state index in [2.05, 4.69) is 4.72 Å². The molecule has 1 aliphatic heterocycles. The van der Waals surface area contributed by atoms with Crippen molar-refractivity contribution < 1.29 is 27.9 Å². The van der Waals surface area contributed by atoms with Crippen LogP contribution in [0.15, 0.2) is 77.7 Å². The molecule has 3 aromatic carbocycles. The Morgan fingerprint density at radius 3 is 1.88 bits per heavy atom. The van der Waals surface area contributed by atoms with Gasteiger partial charge in [-0.25, -0.2) is 8.42 Å². The summed E-state index contributed by atoms with van der Waals surface area (Å²) in [5.41, 5.74) is 2.07. The van der Waals surface area contributed by atoms with Gasteiger partial charge in [0, 0.05) is 11.6 Å². The van der Waals surface area contributed by atoms with Crippen LogP contribution in [0.25, 0.3) is 11.1 Å². The summed E-state index contributed by atoms with van der Waals surface area (Å²) in [6, 6.07) is 17.7. The third-order valence-corrected chi connectivity index (χ3v) is 7.20. The topological polar surface area (TPSA) is 121 Å². The maximum absolute atomic E-state index is 12.8. The third-order valence-electron chi connectivity index (χ3n) is 5.46. The number of aliphatic carboxylic acids is 1. The van der Waals surface area contributed by atoms with Crippen molar-refractivity contribution in [2.45, 2.75) is 17.4 Å². The zero-order chi connectivity index (χ0) is 24.5. The fraction of sp³-hybridized carbons (Fsp3) is 0.125. The van der Waals surface area contributed by atoms with E-state index in [4.69, 9.17) is 11.6 Å². The van der Waals surface area contributed by atoms with Crippen molar-refractivity contribution in [3.63, 3.8) is 0 Å². The Hall–Kier alpha value is -3.53. The Bertz CT molecular complexity index is 1340. The van der Waals surface area contributed by atoms with Crippen LogP contribution in [0.4, 0.5) is 0 Å².